The number of nitrogens with one attached hydrogen (secondary N) is 1. The predicted molar refractivity (Wildman–Crippen MR) is 144 cm³/mol. The summed E-state index contributed by atoms with van der Waals surface area (Å²) in [5, 5.41) is 3.59. The van der Waals surface area contributed by atoms with Crippen molar-refractivity contribution in [2.75, 3.05) is 18.0 Å². The fourth-order valence-corrected chi connectivity index (χ4v) is 9.13. The molecule has 1 amide bonds. The van der Waals surface area contributed by atoms with Gasteiger partial charge in [-0.2, -0.15) is 0 Å². The number of aromatic nitrogens is 2. The smallest absolute Gasteiger partial charge is 0.257 e. The third-order valence-electron chi connectivity index (χ3n) is 10.8. The molecule has 3 aromatic rings. The summed E-state index contributed by atoms with van der Waals surface area (Å²) >= 11 is 0. The number of carbonyl (C=O) groups excluding carboxylic acids is 1. The second-order valence-electron chi connectivity index (χ2n) is 12.7. The van der Waals surface area contributed by atoms with Gasteiger partial charge in [-0.3, -0.25) is 14.2 Å². The lowest BCUT2D eigenvalue weighted by molar-refractivity contribution is 0.0880. The van der Waals surface area contributed by atoms with Crippen molar-refractivity contribution in [1.29, 1.82) is 0 Å². The zero-order valence-electron chi connectivity index (χ0n) is 21.9. The molecule has 5 fully saturated rings. The first-order valence-electron chi connectivity index (χ1n) is 14.5. The van der Waals surface area contributed by atoms with Crippen molar-refractivity contribution in [3.63, 3.8) is 0 Å². The minimum absolute atomic E-state index is 0.0253. The quantitative estimate of drug-likeness (QED) is 0.494. The van der Waals surface area contributed by atoms with E-state index in [0.29, 0.717) is 17.7 Å². The lowest BCUT2D eigenvalue weighted by Gasteiger charge is -2.34. The highest BCUT2D eigenvalue weighted by Crippen LogP contribution is 2.79. The predicted octanol–water partition coefficient (Wildman–Crippen LogP) is 5.35. The monoisotopic (exact) mass is 530 g/mol. The molecular formula is C31H32F2N4O2. The van der Waals surface area contributed by atoms with E-state index in [1.807, 2.05) is 6.07 Å². The second kappa shape index (κ2) is 8.12. The molecule has 4 saturated carbocycles. The van der Waals surface area contributed by atoms with Gasteiger partial charge in [0.05, 0.1) is 11.1 Å². The van der Waals surface area contributed by atoms with E-state index in [1.54, 1.807) is 6.07 Å². The Bertz CT molecular complexity index is 1600. The molecule has 4 aliphatic carbocycles. The Labute approximate surface area is 225 Å². The highest BCUT2D eigenvalue weighted by atomic mass is 19.1. The maximum atomic E-state index is 15.1. The Morgan fingerprint density at radius 2 is 1.92 bits per heavy atom. The molecule has 5 unspecified atom stereocenters. The van der Waals surface area contributed by atoms with E-state index in [-0.39, 0.29) is 33.2 Å². The minimum atomic E-state index is -0.780. The van der Waals surface area contributed by atoms with Crippen LogP contribution in [0.3, 0.4) is 0 Å². The summed E-state index contributed by atoms with van der Waals surface area (Å²) < 4.78 is 30.4. The van der Waals surface area contributed by atoms with Gasteiger partial charge in [0.1, 0.15) is 23.0 Å². The lowest BCUT2D eigenvalue weighted by Crippen LogP contribution is -2.46. The number of piperidine rings is 1. The number of amides is 1. The van der Waals surface area contributed by atoms with Gasteiger partial charge in [0.2, 0.25) is 5.43 Å². The second-order valence-corrected chi connectivity index (χ2v) is 12.7. The standard InChI is InChI=1S/C31H32F2N4O2/c32-20-4-6-25(24(33)14-20)37-16-22(27(38)21-5-7-26(34-28(21)37)36-10-2-1-3-11-36)29(39)35-31-15-18-12-19-8-9-30(31,17-31)23(19)13-18/h4-7,14,16,18-19,23H,1-3,8-13,15,17H2,(H,35,39). The zero-order valence-corrected chi connectivity index (χ0v) is 21.9. The van der Waals surface area contributed by atoms with Gasteiger partial charge < -0.3 is 10.2 Å². The van der Waals surface area contributed by atoms with Crippen molar-refractivity contribution < 1.29 is 13.6 Å². The summed E-state index contributed by atoms with van der Waals surface area (Å²) in [5.74, 6) is 0.960. The van der Waals surface area contributed by atoms with Gasteiger partial charge in [-0.25, -0.2) is 13.8 Å². The van der Waals surface area contributed by atoms with E-state index in [4.69, 9.17) is 4.98 Å². The third kappa shape index (κ3) is 3.32. The number of halogens is 2. The molecule has 5 aliphatic rings. The summed E-state index contributed by atoms with van der Waals surface area (Å²) in [5.41, 5.74) is -0.165. The molecule has 39 heavy (non-hydrogen) atoms. The molecule has 1 aromatic carbocycles. The van der Waals surface area contributed by atoms with E-state index in [0.717, 1.165) is 57.2 Å². The van der Waals surface area contributed by atoms with E-state index >= 15 is 4.39 Å². The number of carbonyl (C=O) groups is 1. The van der Waals surface area contributed by atoms with E-state index < -0.39 is 23.0 Å². The van der Waals surface area contributed by atoms with Crippen molar-refractivity contribution in [3.05, 3.63) is 63.9 Å². The number of hydrogen-bond donors (Lipinski definition) is 1. The third-order valence-corrected chi connectivity index (χ3v) is 10.8. The van der Waals surface area contributed by atoms with Crippen LogP contribution in [0.1, 0.15) is 68.1 Å². The summed E-state index contributed by atoms with van der Waals surface area (Å²) in [6, 6.07) is 6.83. The average molecular weight is 531 g/mol. The minimum Gasteiger partial charge on any atom is -0.357 e. The molecule has 1 N–H and O–H groups in total. The molecule has 0 radical (unpaired) electrons. The maximum absolute atomic E-state index is 15.1. The maximum Gasteiger partial charge on any atom is 0.257 e. The molecule has 8 rings (SSSR count). The normalized spacial score (nSPS) is 32.4. The SMILES string of the molecule is O=C(NC12CC3CC4CCC1(C2)C4C3)c1cn(-c2ccc(F)cc2F)c2nc(N3CCCCC3)ccc2c1=O. The number of anilines is 1. The van der Waals surface area contributed by atoms with Crippen LogP contribution >= 0.6 is 0 Å². The van der Waals surface area contributed by atoms with Crippen LogP contribution in [0.15, 0.2) is 41.3 Å². The van der Waals surface area contributed by atoms with Gasteiger partial charge in [0, 0.05) is 30.9 Å². The summed E-state index contributed by atoms with van der Waals surface area (Å²) in [6.45, 7) is 1.72. The van der Waals surface area contributed by atoms with Crippen LogP contribution in [0.4, 0.5) is 14.6 Å². The largest absolute Gasteiger partial charge is 0.357 e. The number of pyridine rings is 2. The number of nitrogens with zero attached hydrogens (tertiary/aromatic N) is 3. The Kier molecular flexibility index (Phi) is 4.91. The van der Waals surface area contributed by atoms with Gasteiger partial charge in [-0.1, -0.05) is 0 Å². The van der Waals surface area contributed by atoms with Gasteiger partial charge >= 0.3 is 0 Å². The van der Waals surface area contributed by atoms with Gasteiger partial charge in [0.25, 0.3) is 5.91 Å². The van der Waals surface area contributed by atoms with Crippen LogP contribution in [0, 0.1) is 34.8 Å². The molecule has 1 aliphatic heterocycles. The van der Waals surface area contributed by atoms with Crippen molar-refractivity contribution >= 4 is 22.8 Å². The van der Waals surface area contributed by atoms with Crippen LogP contribution in [-0.2, 0) is 0 Å². The topological polar surface area (TPSA) is 67.2 Å². The molecule has 1 spiro atoms. The number of hydrogen-bond acceptors (Lipinski definition) is 4. The van der Waals surface area contributed by atoms with E-state index in [9.17, 15) is 14.0 Å². The van der Waals surface area contributed by atoms with Gasteiger partial charge in [0.15, 0.2) is 5.65 Å². The number of fused-ring (bicyclic) bond motifs is 2. The van der Waals surface area contributed by atoms with Crippen LogP contribution in [0.5, 0.6) is 0 Å². The Morgan fingerprint density at radius 3 is 2.74 bits per heavy atom. The highest BCUT2D eigenvalue weighted by Gasteiger charge is 2.78. The molecular weight excluding hydrogens is 498 g/mol. The zero-order chi connectivity index (χ0) is 26.5. The van der Waals surface area contributed by atoms with E-state index in [2.05, 4.69) is 10.2 Å². The van der Waals surface area contributed by atoms with Crippen molar-refractivity contribution in [2.45, 2.75) is 63.3 Å². The van der Waals surface area contributed by atoms with Crippen LogP contribution < -0.4 is 15.6 Å². The summed E-state index contributed by atoms with van der Waals surface area (Å²) in [4.78, 5) is 34.6. The molecule has 8 heteroatoms. The molecule has 5 atom stereocenters. The van der Waals surface area contributed by atoms with Crippen LogP contribution in [0.2, 0.25) is 0 Å². The molecule has 3 heterocycles. The molecule has 2 bridgehead atoms. The first kappa shape index (κ1) is 23.6. The van der Waals surface area contributed by atoms with Gasteiger partial charge in [-0.05, 0) is 105 Å². The first-order chi connectivity index (χ1) is 18.9. The lowest BCUT2D eigenvalue weighted by atomic mass is 9.77. The van der Waals surface area contributed by atoms with Crippen molar-refractivity contribution in [1.82, 2.24) is 14.9 Å². The number of benzene rings is 1. The van der Waals surface area contributed by atoms with Crippen LogP contribution in [0.25, 0.3) is 16.7 Å². The molecule has 2 aromatic heterocycles. The Morgan fingerprint density at radius 1 is 1.08 bits per heavy atom. The summed E-state index contributed by atoms with van der Waals surface area (Å²) in [7, 11) is 0. The average Bonchev–Trinajstić information content (AvgIpc) is 3.20. The van der Waals surface area contributed by atoms with Crippen molar-refractivity contribution in [2.24, 2.45) is 23.2 Å². The van der Waals surface area contributed by atoms with Crippen molar-refractivity contribution in [3.8, 4) is 5.69 Å². The number of rotatable bonds is 4. The molecule has 1 saturated heterocycles. The van der Waals surface area contributed by atoms with Crippen LogP contribution in [-0.4, -0.2) is 34.1 Å². The Balaban J connectivity index is 1.23. The fraction of sp³-hybridized carbons (Fsp3) is 0.516. The van der Waals surface area contributed by atoms with Gasteiger partial charge in [-0.15, -0.1) is 0 Å². The molecule has 6 nitrogen and oxygen atoms in total. The highest BCUT2D eigenvalue weighted by molar-refractivity contribution is 5.98. The fourth-order valence-electron chi connectivity index (χ4n) is 9.13. The Hall–Kier alpha value is -3.29. The molecule has 202 valence electrons. The van der Waals surface area contributed by atoms with E-state index in [1.165, 1.54) is 48.6 Å². The first-order valence-corrected chi connectivity index (χ1v) is 14.5. The summed E-state index contributed by atoms with van der Waals surface area (Å²) in [6.07, 6.45) is 11.6.